The van der Waals surface area contributed by atoms with Crippen LogP contribution in [0, 0.1) is 5.92 Å². The van der Waals surface area contributed by atoms with E-state index in [0.717, 1.165) is 58.6 Å². The standard InChI is InChI=1S/C40H42N4O4/c1-28-37(26-44(2)21-18-36-13-3-4-20-42-36)47-40(48-38(28)31-16-14-29(27-45)15-17-31)34-11-6-10-33(23-34)32-9-5-8-30(22-32)24-43-39(46)35-12-7-19-41-25-35/h3-17,19-20,22-23,25,28,37-38,40,45H,18,21,24,26-27H2,1-2H3,(H,43,46). The smallest absolute Gasteiger partial charge is 0.253 e. The molecule has 0 radical (unpaired) electrons. The summed E-state index contributed by atoms with van der Waals surface area (Å²) in [5.41, 5.74) is 7.54. The molecule has 1 aliphatic heterocycles. The zero-order chi connectivity index (χ0) is 33.3. The van der Waals surface area contributed by atoms with Crippen molar-refractivity contribution in [2.75, 3.05) is 20.1 Å². The third-order valence-electron chi connectivity index (χ3n) is 8.89. The van der Waals surface area contributed by atoms with E-state index in [9.17, 15) is 9.90 Å². The number of nitrogens with one attached hydrogen (secondary N) is 1. The number of ether oxygens (including phenoxy) is 2. The van der Waals surface area contributed by atoms with E-state index in [2.05, 4.69) is 70.6 Å². The Bertz CT molecular complexity index is 1770. The molecule has 4 unspecified atom stereocenters. The molecule has 0 aliphatic carbocycles. The molecule has 0 saturated carbocycles. The SMILES string of the molecule is CC1C(CN(C)CCc2ccccn2)OC(c2cccc(-c3cccc(CNC(=O)c4cccnc4)c3)c2)OC1c1ccc(CO)cc1. The molecule has 2 N–H and O–H groups in total. The largest absolute Gasteiger partial charge is 0.392 e. The molecule has 3 aromatic carbocycles. The van der Waals surface area contributed by atoms with Gasteiger partial charge in [0.25, 0.3) is 5.91 Å². The van der Waals surface area contributed by atoms with Gasteiger partial charge in [-0.3, -0.25) is 14.8 Å². The lowest BCUT2D eigenvalue weighted by Crippen LogP contribution is -2.43. The van der Waals surface area contributed by atoms with Crippen LogP contribution >= 0.6 is 0 Å². The van der Waals surface area contributed by atoms with Crippen LogP contribution < -0.4 is 5.32 Å². The number of aliphatic hydroxyl groups excluding tert-OH is 1. The number of likely N-dealkylation sites (N-methyl/N-ethyl adjacent to an activating group) is 1. The van der Waals surface area contributed by atoms with Crippen LogP contribution in [0.3, 0.4) is 0 Å². The number of benzene rings is 3. The van der Waals surface area contributed by atoms with Crippen LogP contribution in [-0.4, -0.2) is 52.1 Å². The van der Waals surface area contributed by atoms with Crippen molar-refractivity contribution in [2.45, 2.75) is 45.0 Å². The highest BCUT2D eigenvalue weighted by Gasteiger charge is 2.38. The van der Waals surface area contributed by atoms with E-state index in [1.54, 1.807) is 24.5 Å². The van der Waals surface area contributed by atoms with Crippen LogP contribution in [0.5, 0.6) is 0 Å². The van der Waals surface area contributed by atoms with Gasteiger partial charge in [0.1, 0.15) is 0 Å². The molecule has 1 amide bonds. The minimum absolute atomic E-state index is 0.00164. The second kappa shape index (κ2) is 15.9. The van der Waals surface area contributed by atoms with Crippen molar-refractivity contribution in [1.29, 1.82) is 0 Å². The zero-order valence-electron chi connectivity index (χ0n) is 27.4. The highest BCUT2D eigenvalue weighted by molar-refractivity contribution is 5.93. The third-order valence-corrected chi connectivity index (χ3v) is 8.89. The summed E-state index contributed by atoms with van der Waals surface area (Å²) in [6, 6.07) is 34.0. The maximum Gasteiger partial charge on any atom is 0.253 e. The summed E-state index contributed by atoms with van der Waals surface area (Å²) < 4.78 is 13.5. The quantitative estimate of drug-likeness (QED) is 0.160. The topological polar surface area (TPSA) is 96.8 Å². The molecule has 8 nitrogen and oxygen atoms in total. The Morgan fingerprint density at radius 1 is 0.854 bits per heavy atom. The van der Waals surface area contributed by atoms with Crippen molar-refractivity contribution in [3.63, 3.8) is 0 Å². The fourth-order valence-corrected chi connectivity index (χ4v) is 6.09. The van der Waals surface area contributed by atoms with E-state index in [1.165, 1.54) is 0 Å². The number of aliphatic hydroxyl groups is 1. The summed E-state index contributed by atoms with van der Waals surface area (Å²) in [6.07, 6.45) is 5.06. The average molecular weight is 643 g/mol. The molecular formula is C40H42N4O4. The molecule has 0 spiro atoms. The number of carbonyl (C=O) groups excluding carboxylic acids is 1. The molecule has 3 heterocycles. The molecule has 6 rings (SSSR count). The minimum atomic E-state index is -0.570. The number of amides is 1. The van der Waals surface area contributed by atoms with Crippen molar-refractivity contribution in [2.24, 2.45) is 5.92 Å². The second-order valence-electron chi connectivity index (χ2n) is 12.4. The number of rotatable bonds is 12. The highest BCUT2D eigenvalue weighted by Crippen LogP contribution is 2.42. The third kappa shape index (κ3) is 8.40. The Morgan fingerprint density at radius 3 is 2.42 bits per heavy atom. The summed E-state index contributed by atoms with van der Waals surface area (Å²) in [5.74, 6) is -0.0749. The van der Waals surface area contributed by atoms with Crippen molar-refractivity contribution in [3.05, 3.63) is 155 Å². The van der Waals surface area contributed by atoms with E-state index >= 15 is 0 Å². The van der Waals surface area contributed by atoms with Gasteiger partial charge < -0.3 is 24.8 Å². The Balaban J connectivity index is 1.20. The van der Waals surface area contributed by atoms with Crippen LogP contribution in [-0.2, 0) is 29.0 Å². The molecule has 246 valence electrons. The number of hydrogen-bond donors (Lipinski definition) is 2. The first-order chi connectivity index (χ1) is 23.5. The van der Waals surface area contributed by atoms with Crippen molar-refractivity contribution >= 4 is 5.91 Å². The lowest BCUT2D eigenvalue weighted by molar-refractivity contribution is -0.275. The second-order valence-corrected chi connectivity index (χ2v) is 12.4. The predicted molar refractivity (Wildman–Crippen MR) is 186 cm³/mol. The monoisotopic (exact) mass is 642 g/mol. The van der Waals surface area contributed by atoms with Gasteiger partial charge in [0.15, 0.2) is 6.29 Å². The average Bonchev–Trinajstić information content (AvgIpc) is 3.15. The summed E-state index contributed by atoms with van der Waals surface area (Å²) >= 11 is 0. The molecule has 2 aromatic heterocycles. The Labute approximate surface area is 282 Å². The lowest BCUT2D eigenvalue weighted by atomic mass is 9.90. The van der Waals surface area contributed by atoms with Crippen LogP contribution in [0.1, 0.15) is 57.6 Å². The summed E-state index contributed by atoms with van der Waals surface area (Å²) in [7, 11) is 2.13. The minimum Gasteiger partial charge on any atom is -0.392 e. The van der Waals surface area contributed by atoms with Gasteiger partial charge in [0, 0.05) is 61.8 Å². The first-order valence-electron chi connectivity index (χ1n) is 16.4. The first kappa shape index (κ1) is 33.2. The van der Waals surface area contributed by atoms with E-state index in [1.807, 2.05) is 60.8 Å². The van der Waals surface area contributed by atoms with Crippen LogP contribution in [0.25, 0.3) is 11.1 Å². The number of carbonyl (C=O) groups is 1. The number of pyridine rings is 2. The van der Waals surface area contributed by atoms with Gasteiger partial charge in [-0.1, -0.05) is 73.7 Å². The highest BCUT2D eigenvalue weighted by atomic mass is 16.7. The van der Waals surface area contributed by atoms with Crippen molar-refractivity contribution < 1.29 is 19.4 Å². The molecule has 1 saturated heterocycles. The lowest BCUT2D eigenvalue weighted by Gasteiger charge is -2.42. The zero-order valence-corrected chi connectivity index (χ0v) is 27.4. The van der Waals surface area contributed by atoms with Gasteiger partial charge >= 0.3 is 0 Å². The van der Waals surface area contributed by atoms with Crippen molar-refractivity contribution in [1.82, 2.24) is 20.2 Å². The molecule has 1 fully saturated rings. The molecule has 5 aromatic rings. The summed E-state index contributed by atoms with van der Waals surface area (Å²) in [4.78, 5) is 23.4. The van der Waals surface area contributed by atoms with E-state index < -0.39 is 6.29 Å². The van der Waals surface area contributed by atoms with Gasteiger partial charge in [0.2, 0.25) is 0 Å². The molecule has 8 heteroatoms. The number of hydrogen-bond acceptors (Lipinski definition) is 7. The van der Waals surface area contributed by atoms with Gasteiger partial charge in [-0.2, -0.15) is 0 Å². The summed E-state index contributed by atoms with van der Waals surface area (Å²) in [5, 5.41) is 12.6. The number of nitrogens with zero attached hydrogens (tertiary/aromatic N) is 3. The van der Waals surface area contributed by atoms with Gasteiger partial charge in [0.05, 0.1) is 24.4 Å². The molecule has 1 aliphatic rings. The Kier molecular flexibility index (Phi) is 11.0. The van der Waals surface area contributed by atoms with E-state index in [-0.39, 0.29) is 30.6 Å². The van der Waals surface area contributed by atoms with E-state index in [0.29, 0.717) is 12.1 Å². The molecule has 48 heavy (non-hydrogen) atoms. The Hall–Kier alpha value is -4.73. The predicted octanol–water partition coefficient (Wildman–Crippen LogP) is 6.53. The normalized spacial score (nSPS) is 19.2. The fraction of sp³-hybridized carbons (Fsp3) is 0.275. The fourth-order valence-electron chi connectivity index (χ4n) is 6.09. The molecule has 0 bridgehead atoms. The van der Waals surface area contributed by atoms with Gasteiger partial charge in [-0.05, 0) is 71.3 Å². The van der Waals surface area contributed by atoms with Crippen LogP contribution in [0.4, 0.5) is 0 Å². The summed E-state index contributed by atoms with van der Waals surface area (Å²) in [6.45, 7) is 4.19. The first-order valence-corrected chi connectivity index (χ1v) is 16.4. The van der Waals surface area contributed by atoms with Crippen LogP contribution in [0.15, 0.2) is 122 Å². The molecule has 4 atom stereocenters. The maximum atomic E-state index is 12.6. The Morgan fingerprint density at radius 2 is 1.67 bits per heavy atom. The van der Waals surface area contributed by atoms with Crippen LogP contribution in [0.2, 0.25) is 0 Å². The molecular weight excluding hydrogens is 600 g/mol. The van der Waals surface area contributed by atoms with E-state index in [4.69, 9.17) is 9.47 Å². The van der Waals surface area contributed by atoms with Crippen molar-refractivity contribution in [3.8, 4) is 11.1 Å². The maximum absolute atomic E-state index is 12.6. The van der Waals surface area contributed by atoms with Gasteiger partial charge in [-0.15, -0.1) is 0 Å². The number of aromatic nitrogens is 2. The van der Waals surface area contributed by atoms with Gasteiger partial charge in [-0.25, -0.2) is 0 Å².